The van der Waals surface area contributed by atoms with Crippen LogP contribution in [-0.2, 0) is 0 Å². The van der Waals surface area contributed by atoms with Crippen LogP contribution in [0.4, 0.5) is 5.69 Å². The number of fused-ring (bicyclic) bond motifs is 1. The van der Waals surface area contributed by atoms with Gasteiger partial charge in [0.15, 0.2) is 28.1 Å². The van der Waals surface area contributed by atoms with Crippen LogP contribution in [0.2, 0.25) is 0 Å². The van der Waals surface area contributed by atoms with Crippen LogP contribution in [0, 0.1) is 6.92 Å². The van der Waals surface area contributed by atoms with Crippen LogP contribution in [-0.4, -0.2) is 23.5 Å². The topological polar surface area (TPSA) is 90.7 Å². The van der Waals surface area contributed by atoms with E-state index in [4.69, 9.17) is 13.9 Å². The normalized spacial score (nSPS) is 12.2. The predicted molar refractivity (Wildman–Crippen MR) is 95.1 cm³/mol. The number of nitrogens with zero attached hydrogens (tertiary/aromatic N) is 1. The van der Waals surface area contributed by atoms with Gasteiger partial charge in [0, 0.05) is 16.5 Å². The van der Waals surface area contributed by atoms with Crippen LogP contribution in [0.25, 0.3) is 10.8 Å². The minimum Gasteiger partial charge on any atom is -0.462 e. The van der Waals surface area contributed by atoms with Crippen molar-refractivity contribution in [2.75, 3.05) is 12.1 Å². The molecular formula is C18H14N2O5S. The molecule has 0 saturated carbocycles. The predicted octanol–water partition coefficient (Wildman–Crippen LogP) is 3.90. The van der Waals surface area contributed by atoms with Crippen LogP contribution in [0.3, 0.4) is 0 Å². The molecule has 7 nitrogen and oxygen atoms in total. The van der Waals surface area contributed by atoms with Gasteiger partial charge in [-0.15, -0.1) is 11.3 Å². The van der Waals surface area contributed by atoms with Crippen molar-refractivity contribution in [1.29, 1.82) is 0 Å². The fourth-order valence-corrected chi connectivity index (χ4v) is 3.51. The summed E-state index contributed by atoms with van der Waals surface area (Å²) in [6, 6.07) is 6.71. The van der Waals surface area contributed by atoms with Gasteiger partial charge in [-0.25, -0.2) is 4.98 Å². The Morgan fingerprint density at radius 3 is 2.69 bits per heavy atom. The number of carbonyl (C=O) groups is 2. The third kappa shape index (κ3) is 2.84. The summed E-state index contributed by atoms with van der Waals surface area (Å²) < 4.78 is 15.9. The lowest BCUT2D eigenvalue weighted by Crippen LogP contribution is -2.15. The standard InChI is InChI=1S/C18H14N2O5S/c1-9(21)11-6-14-15(25-8-24-14)7-12(11)19-17(22)16-10(2)26-18(20-16)13-4-3-5-23-13/h3-7H,8H2,1-2H3,(H,19,22). The molecular weight excluding hydrogens is 356 g/mol. The van der Waals surface area contributed by atoms with E-state index in [1.165, 1.54) is 18.3 Å². The first kappa shape index (κ1) is 16.3. The number of anilines is 1. The van der Waals surface area contributed by atoms with E-state index in [0.29, 0.717) is 33.5 Å². The first-order chi connectivity index (χ1) is 12.5. The Balaban J connectivity index is 1.66. The molecule has 1 N–H and O–H groups in total. The number of furan rings is 1. The number of thiazole rings is 1. The van der Waals surface area contributed by atoms with Gasteiger partial charge in [-0.05, 0) is 32.0 Å². The number of aromatic nitrogens is 1. The van der Waals surface area contributed by atoms with Crippen molar-refractivity contribution >= 4 is 28.7 Å². The molecule has 0 saturated heterocycles. The molecule has 3 heterocycles. The van der Waals surface area contributed by atoms with E-state index in [2.05, 4.69) is 10.3 Å². The molecule has 4 rings (SSSR count). The maximum atomic E-state index is 12.7. The van der Waals surface area contributed by atoms with E-state index in [1.807, 2.05) is 6.92 Å². The minimum atomic E-state index is -0.405. The molecule has 26 heavy (non-hydrogen) atoms. The van der Waals surface area contributed by atoms with E-state index in [0.717, 1.165) is 4.88 Å². The summed E-state index contributed by atoms with van der Waals surface area (Å²) in [6.45, 7) is 3.32. The van der Waals surface area contributed by atoms with Gasteiger partial charge in [0.2, 0.25) is 6.79 Å². The Kier molecular flexibility index (Phi) is 3.96. The zero-order chi connectivity index (χ0) is 18.3. The van der Waals surface area contributed by atoms with Gasteiger partial charge in [-0.2, -0.15) is 0 Å². The molecule has 1 amide bonds. The number of nitrogens with one attached hydrogen (secondary N) is 1. The van der Waals surface area contributed by atoms with Crippen LogP contribution in [0.1, 0.15) is 32.6 Å². The number of rotatable bonds is 4. The maximum Gasteiger partial charge on any atom is 0.275 e. The molecule has 132 valence electrons. The van der Waals surface area contributed by atoms with Gasteiger partial charge in [0.1, 0.15) is 5.69 Å². The zero-order valence-electron chi connectivity index (χ0n) is 14.0. The summed E-state index contributed by atoms with van der Waals surface area (Å²) in [4.78, 5) is 29.8. The van der Waals surface area contributed by atoms with E-state index in [9.17, 15) is 9.59 Å². The Morgan fingerprint density at radius 1 is 1.23 bits per heavy atom. The lowest BCUT2D eigenvalue weighted by Gasteiger charge is -2.10. The highest BCUT2D eigenvalue weighted by molar-refractivity contribution is 7.15. The fourth-order valence-electron chi connectivity index (χ4n) is 2.63. The first-order valence-electron chi connectivity index (χ1n) is 7.80. The Hall–Kier alpha value is -3.13. The van der Waals surface area contributed by atoms with Crippen molar-refractivity contribution in [3.8, 4) is 22.3 Å². The SMILES string of the molecule is CC(=O)c1cc2c(cc1NC(=O)c1nc(-c3ccco3)sc1C)OCO2. The fraction of sp³-hybridized carbons (Fsp3) is 0.167. The summed E-state index contributed by atoms with van der Waals surface area (Å²) in [5.41, 5.74) is 0.994. The number of hydrogen-bond donors (Lipinski definition) is 1. The van der Waals surface area contributed by atoms with Crippen molar-refractivity contribution in [3.63, 3.8) is 0 Å². The van der Waals surface area contributed by atoms with Crippen molar-refractivity contribution in [3.05, 3.63) is 46.7 Å². The molecule has 3 aromatic rings. The Morgan fingerprint density at radius 2 is 2.00 bits per heavy atom. The molecule has 2 aromatic heterocycles. The largest absolute Gasteiger partial charge is 0.462 e. The van der Waals surface area contributed by atoms with Gasteiger partial charge in [0.25, 0.3) is 5.91 Å². The van der Waals surface area contributed by atoms with Gasteiger partial charge < -0.3 is 19.2 Å². The molecule has 0 atom stereocenters. The van der Waals surface area contributed by atoms with Crippen molar-refractivity contribution in [2.24, 2.45) is 0 Å². The molecule has 0 unspecified atom stereocenters. The zero-order valence-corrected chi connectivity index (χ0v) is 14.8. The average molecular weight is 370 g/mol. The van der Waals surface area contributed by atoms with Gasteiger partial charge >= 0.3 is 0 Å². The highest BCUT2D eigenvalue weighted by atomic mass is 32.1. The second kappa shape index (κ2) is 6.30. The second-order valence-electron chi connectivity index (χ2n) is 5.66. The average Bonchev–Trinajstić information content (AvgIpc) is 3.33. The van der Waals surface area contributed by atoms with E-state index in [-0.39, 0.29) is 18.3 Å². The molecule has 0 spiro atoms. The Bertz CT molecular complexity index is 1010. The summed E-state index contributed by atoms with van der Waals surface area (Å²) in [5.74, 6) is 0.974. The minimum absolute atomic E-state index is 0.0851. The van der Waals surface area contributed by atoms with E-state index in [1.54, 1.807) is 30.5 Å². The molecule has 1 aliphatic heterocycles. The molecule has 0 bridgehead atoms. The summed E-state index contributed by atoms with van der Waals surface area (Å²) in [7, 11) is 0. The van der Waals surface area contributed by atoms with Crippen LogP contribution >= 0.6 is 11.3 Å². The summed E-state index contributed by atoms with van der Waals surface area (Å²) in [6.07, 6.45) is 1.55. The second-order valence-corrected chi connectivity index (χ2v) is 6.87. The Labute approximate surface area is 152 Å². The third-order valence-corrected chi connectivity index (χ3v) is 4.87. The molecule has 1 aromatic carbocycles. The lowest BCUT2D eigenvalue weighted by atomic mass is 10.1. The van der Waals surface area contributed by atoms with Crippen LogP contribution < -0.4 is 14.8 Å². The molecule has 0 fully saturated rings. The lowest BCUT2D eigenvalue weighted by molar-refractivity contribution is 0.101. The van der Waals surface area contributed by atoms with Gasteiger partial charge in [-0.3, -0.25) is 9.59 Å². The molecule has 1 aliphatic rings. The van der Waals surface area contributed by atoms with Crippen molar-refractivity contribution < 1.29 is 23.5 Å². The summed E-state index contributed by atoms with van der Waals surface area (Å²) in [5, 5.41) is 3.38. The van der Waals surface area contributed by atoms with E-state index < -0.39 is 5.91 Å². The third-order valence-electron chi connectivity index (χ3n) is 3.88. The van der Waals surface area contributed by atoms with E-state index >= 15 is 0 Å². The molecule has 0 radical (unpaired) electrons. The number of aryl methyl sites for hydroxylation is 1. The number of amides is 1. The van der Waals surface area contributed by atoms with Crippen LogP contribution in [0.5, 0.6) is 11.5 Å². The molecule has 0 aliphatic carbocycles. The number of ether oxygens (including phenoxy) is 2. The number of benzene rings is 1. The molecule has 8 heteroatoms. The number of hydrogen-bond acceptors (Lipinski definition) is 7. The highest BCUT2D eigenvalue weighted by Gasteiger charge is 2.23. The van der Waals surface area contributed by atoms with Gasteiger partial charge in [-0.1, -0.05) is 0 Å². The highest BCUT2D eigenvalue weighted by Crippen LogP contribution is 2.37. The maximum absolute atomic E-state index is 12.7. The smallest absolute Gasteiger partial charge is 0.275 e. The first-order valence-corrected chi connectivity index (χ1v) is 8.62. The number of carbonyl (C=O) groups excluding carboxylic acids is 2. The monoisotopic (exact) mass is 370 g/mol. The quantitative estimate of drug-likeness (QED) is 0.701. The number of Topliss-reactive ketones (excluding diaryl/α,β-unsaturated/α-hetero) is 1. The number of ketones is 1. The van der Waals surface area contributed by atoms with Crippen molar-refractivity contribution in [1.82, 2.24) is 4.98 Å². The van der Waals surface area contributed by atoms with Crippen molar-refractivity contribution in [2.45, 2.75) is 13.8 Å². The summed E-state index contributed by atoms with van der Waals surface area (Å²) >= 11 is 1.36. The van der Waals surface area contributed by atoms with Crippen LogP contribution in [0.15, 0.2) is 34.9 Å². The van der Waals surface area contributed by atoms with Gasteiger partial charge in [0.05, 0.1) is 12.0 Å².